The van der Waals surface area contributed by atoms with Gasteiger partial charge in [-0.2, -0.15) is 5.10 Å². The fourth-order valence-electron chi connectivity index (χ4n) is 3.68. The van der Waals surface area contributed by atoms with Crippen LogP contribution in [-0.4, -0.2) is 74.4 Å². The molecule has 1 aliphatic heterocycles. The minimum absolute atomic E-state index is 0.111. The molecule has 2 N–H and O–H groups in total. The van der Waals surface area contributed by atoms with Gasteiger partial charge in [0.1, 0.15) is 6.04 Å². The predicted molar refractivity (Wildman–Crippen MR) is 144 cm³/mol. The number of hydrazone groups is 1. The molecule has 38 heavy (non-hydrogen) atoms. The number of ether oxygens (including phenoxy) is 3. The zero-order chi connectivity index (χ0) is 27.5. The summed E-state index contributed by atoms with van der Waals surface area (Å²) < 4.78 is 16.7. The topological polar surface area (TPSA) is 119 Å². The average molecular weight is 545 g/mol. The lowest BCUT2D eigenvalue weighted by atomic mass is 10.0. The maximum Gasteiger partial charge on any atom is 0.262 e. The summed E-state index contributed by atoms with van der Waals surface area (Å²) in [4.78, 5) is 39.5. The Kier molecular flexibility index (Phi) is 10.9. The molecular weight excluding hydrogens is 512 g/mol. The molecule has 11 heteroatoms. The van der Waals surface area contributed by atoms with Gasteiger partial charge in [-0.1, -0.05) is 37.6 Å². The van der Waals surface area contributed by atoms with Crippen LogP contribution in [0.2, 0.25) is 5.02 Å². The Hall–Kier alpha value is -3.63. The van der Waals surface area contributed by atoms with Gasteiger partial charge in [0.2, 0.25) is 0 Å². The van der Waals surface area contributed by atoms with Crippen molar-refractivity contribution in [2.24, 2.45) is 11.0 Å². The standard InChI is InChI=1S/C27H33ClN4O6/c1-4-37-23-15-19(9-10-22(23)38-17-24(33)32-11-13-36-14-12-32)16-29-31-27(35)25(18(2)3)30-26(34)20-7-5-6-8-21(20)28/h5-10,15-16,18,25H,4,11-14,17H2,1-3H3,(H,30,34)(H,31,35)/b29-16-. The second kappa shape index (κ2) is 14.3. The van der Waals surface area contributed by atoms with E-state index >= 15 is 0 Å². The van der Waals surface area contributed by atoms with Crippen molar-refractivity contribution >= 4 is 35.5 Å². The van der Waals surface area contributed by atoms with E-state index in [9.17, 15) is 14.4 Å². The zero-order valence-electron chi connectivity index (χ0n) is 21.7. The number of nitrogens with zero attached hydrogens (tertiary/aromatic N) is 2. The Morgan fingerprint density at radius 1 is 1.11 bits per heavy atom. The van der Waals surface area contributed by atoms with Gasteiger partial charge in [0.25, 0.3) is 17.7 Å². The molecule has 0 saturated carbocycles. The van der Waals surface area contributed by atoms with E-state index in [4.69, 9.17) is 25.8 Å². The second-order valence-electron chi connectivity index (χ2n) is 8.83. The van der Waals surface area contributed by atoms with Crippen LogP contribution in [0.5, 0.6) is 11.5 Å². The Morgan fingerprint density at radius 3 is 2.53 bits per heavy atom. The maximum absolute atomic E-state index is 12.8. The molecule has 1 aliphatic rings. The number of carbonyl (C=O) groups excluding carboxylic acids is 3. The van der Waals surface area contributed by atoms with E-state index in [1.165, 1.54) is 6.21 Å². The highest BCUT2D eigenvalue weighted by molar-refractivity contribution is 6.33. The summed E-state index contributed by atoms with van der Waals surface area (Å²) in [6.07, 6.45) is 1.45. The van der Waals surface area contributed by atoms with Crippen LogP contribution >= 0.6 is 11.6 Å². The van der Waals surface area contributed by atoms with Gasteiger partial charge < -0.3 is 24.4 Å². The molecule has 1 unspecified atom stereocenters. The number of rotatable bonds is 11. The molecule has 1 heterocycles. The molecule has 0 aliphatic carbocycles. The quantitative estimate of drug-likeness (QED) is 0.332. The van der Waals surface area contributed by atoms with E-state index in [0.717, 1.165) is 0 Å². The smallest absolute Gasteiger partial charge is 0.262 e. The molecule has 2 aromatic rings. The van der Waals surface area contributed by atoms with E-state index in [0.29, 0.717) is 55.0 Å². The largest absolute Gasteiger partial charge is 0.490 e. The molecule has 204 valence electrons. The van der Waals surface area contributed by atoms with Gasteiger partial charge in [-0.15, -0.1) is 0 Å². The van der Waals surface area contributed by atoms with Crippen molar-refractivity contribution in [2.45, 2.75) is 26.8 Å². The first-order valence-corrected chi connectivity index (χ1v) is 12.8. The molecule has 1 atom stereocenters. The Labute approximate surface area is 227 Å². The number of carbonyl (C=O) groups is 3. The highest BCUT2D eigenvalue weighted by Crippen LogP contribution is 2.28. The molecule has 1 fully saturated rings. The molecule has 10 nitrogen and oxygen atoms in total. The van der Waals surface area contributed by atoms with Gasteiger partial charge in [0, 0.05) is 13.1 Å². The first kappa shape index (κ1) is 28.9. The van der Waals surface area contributed by atoms with E-state index in [1.807, 2.05) is 20.8 Å². The minimum Gasteiger partial charge on any atom is -0.490 e. The summed E-state index contributed by atoms with van der Waals surface area (Å²) in [5.74, 6) is -0.356. The van der Waals surface area contributed by atoms with Gasteiger partial charge in [-0.05, 0) is 48.7 Å². The first-order chi connectivity index (χ1) is 18.3. The summed E-state index contributed by atoms with van der Waals surface area (Å²) >= 11 is 6.10. The Bertz CT molecular complexity index is 1150. The minimum atomic E-state index is -0.824. The first-order valence-electron chi connectivity index (χ1n) is 12.4. The number of morpholine rings is 1. The molecule has 0 aromatic heterocycles. The van der Waals surface area contributed by atoms with Crippen LogP contribution in [0, 0.1) is 5.92 Å². The fraction of sp³-hybridized carbons (Fsp3) is 0.407. The summed E-state index contributed by atoms with van der Waals surface area (Å²) in [7, 11) is 0. The van der Waals surface area contributed by atoms with Crippen molar-refractivity contribution in [3.63, 3.8) is 0 Å². The SMILES string of the molecule is CCOc1cc(/C=N\NC(=O)C(NC(=O)c2ccccc2Cl)C(C)C)ccc1OCC(=O)N1CCOCC1. The summed E-state index contributed by atoms with van der Waals surface area (Å²) in [6, 6.07) is 10.9. The number of benzene rings is 2. The Morgan fingerprint density at radius 2 is 1.84 bits per heavy atom. The van der Waals surface area contributed by atoms with Crippen molar-refractivity contribution in [1.29, 1.82) is 0 Å². The van der Waals surface area contributed by atoms with Crippen molar-refractivity contribution in [3.8, 4) is 11.5 Å². The molecule has 0 radical (unpaired) electrons. The molecule has 3 amide bonds. The van der Waals surface area contributed by atoms with E-state index in [2.05, 4.69) is 15.8 Å². The van der Waals surface area contributed by atoms with Crippen molar-refractivity contribution in [1.82, 2.24) is 15.6 Å². The van der Waals surface area contributed by atoms with Crippen molar-refractivity contribution < 1.29 is 28.6 Å². The number of amides is 3. The van der Waals surface area contributed by atoms with Crippen molar-refractivity contribution in [2.75, 3.05) is 39.5 Å². The fourth-order valence-corrected chi connectivity index (χ4v) is 3.90. The monoisotopic (exact) mass is 544 g/mol. The molecule has 0 bridgehead atoms. The summed E-state index contributed by atoms with van der Waals surface area (Å²) in [6.45, 7) is 7.89. The second-order valence-corrected chi connectivity index (χ2v) is 9.24. The molecular formula is C27H33ClN4O6. The number of nitrogens with one attached hydrogen (secondary N) is 2. The van der Waals surface area contributed by atoms with Gasteiger partial charge in [0.15, 0.2) is 18.1 Å². The van der Waals surface area contributed by atoms with Crippen LogP contribution in [0.3, 0.4) is 0 Å². The summed E-state index contributed by atoms with van der Waals surface area (Å²) in [5, 5.41) is 7.06. The highest BCUT2D eigenvalue weighted by Gasteiger charge is 2.25. The Balaban J connectivity index is 1.60. The molecule has 1 saturated heterocycles. The zero-order valence-corrected chi connectivity index (χ0v) is 22.5. The highest BCUT2D eigenvalue weighted by atomic mass is 35.5. The molecule has 2 aromatic carbocycles. The van der Waals surface area contributed by atoms with Gasteiger partial charge in [-0.25, -0.2) is 5.43 Å². The van der Waals surface area contributed by atoms with Crippen molar-refractivity contribution in [3.05, 3.63) is 58.6 Å². The number of halogens is 1. The van der Waals surface area contributed by atoms with Crippen LogP contribution < -0.4 is 20.2 Å². The lowest BCUT2D eigenvalue weighted by Crippen LogP contribution is -2.48. The van der Waals surface area contributed by atoms with Crippen LogP contribution in [0.1, 0.15) is 36.7 Å². The lowest BCUT2D eigenvalue weighted by Gasteiger charge is -2.26. The molecule has 0 spiro atoms. The predicted octanol–water partition coefficient (Wildman–Crippen LogP) is 2.88. The van der Waals surface area contributed by atoms with Crippen LogP contribution in [-0.2, 0) is 14.3 Å². The number of hydrogen-bond donors (Lipinski definition) is 2. The third-order valence-corrected chi connectivity index (χ3v) is 6.05. The lowest BCUT2D eigenvalue weighted by molar-refractivity contribution is -0.137. The van der Waals surface area contributed by atoms with E-state index in [1.54, 1.807) is 47.4 Å². The third-order valence-electron chi connectivity index (χ3n) is 5.73. The maximum atomic E-state index is 12.8. The van der Waals surface area contributed by atoms with Gasteiger partial charge in [-0.3, -0.25) is 14.4 Å². The van der Waals surface area contributed by atoms with Crippen LogP contribution in [0.25, 0.3) is 0 Å². The summed E-state index contributed by atoms with van der Waals surface area (Å²) in [5.41, 5.74) is 3.40. The van der Waals surface area contributed by atoms with Gasteiger partial charge in [0.05, 0.1) is 36.6 Å². The molecule has 3 rings (SSSR count). The average Bonchev–Trinajstić information content (AvgIpc) is 2.91. The van der Waals surface area contributed by atoms with E-state index < -0.39 is 17.9 Å². The normalized spacial score (nSPS) is 14.3. The van der Waals surface area contributed by atoms with Gasteiger partial charge >= 0.3 is 0 Å². The number of hydrogen-bond acceptors (Lipinski definition) is 7. The van der Waals surface area contributed by atoms with Crippen LogP contribution in [0.4, 0.5) is 0 Å². The third kappa shape index (κ3) is 8.19. The van der Waals surface area contributed by atoms with E-state index in [-0.39, 0.29) is 24.0 Å². The van der Waals surface area contributed by atoms with Crippen LogP contribution in [0.15, 0.2) is 47.6 Å².